The summed E-state index contributed by atoms with van der Waals surface area (Å²) in [5.74, 6) is 0.954. The van der Waals surface area contributed by atoms with E-state index < -0.39 is 0 Å². The molecule has 0 aliphatic heterocycles. The Kier molecular flexibility index (Phi) is 4.79. The molecule has 1 atom stereocenters. The first kappa shape index (κ1) is 13.8. The molecular formula is C14H18ClNO. The number of halogens is 1. The van der Waals surface area contributed by atoms with Crippen LogP contribution in [0.25, 0.3) is 10.8 Å². The molecule has 17 heavy (non-hydrogen) atoms. The van der Waals surface area contributed by atoms with Crippen LogP contribution in [-0.2, 0) is 6.42 Å². The summed E-state index contributed by atoms with van der Waals surface area (Å²) in [7, 11) is 1.71. The zero-order valence-corrected chi connectivity index (χ0v) is 11.0. The Morgan fingerprint density at radius 3 is 2.53 bits per heavy atom. The van der Waals surface area contributed by atoms with Crippen molar-refractivity contribution in [2.45, 2.75) is 19.4 Å². The van der Waals surface area contributed by atoms with Gasteiger partial charge in [0.2, 0.25) is 0 Å². The van der Waals surface area contributed by atoms with Crippen LogP contribution in [0, 0.1) is 0 Å². The van der Waals surface area contributed by atoms with Crippen LogP contribution in [0.5, 0.6) is 5.75 Å². The number of ether oxygens (including phenoxy) is 1. The standard InChI is InChI=1S/C14H17NO.ClH/c1-10(15)9-12-8-7-11-5-3-4-6-13(11)14(12)16-2;/h3-8,10H,9,15H2,1-2H3;1H. The molecule has 2 rings (SSSR count). The van der Waals surface area contributed by atoms with Gasteiger partial charge in [-0.05, 0) is 24.3 Å². The lowest BCUT2D eigenvalue weighted by molar-refractivity contribution is 0.413. The van der Waals surface area contributed by atoms with Gasteiger partial charge >= 0.3 is 0 Å². The summed E-state index contributed by atoms with van der Waals surface area (Å²) >= 11 is 0. The maximum absolute atomic E-state index is 5.84. The number of hydrogen-bond acceptors (Lipinski definition) is 2. The minimum Gasteiger partial charge on any atom is -0.496 e. The third-order valence-electron chi connectivity index (χ3n) is 2.71. The van der Waals surface area contributed by atoms with Crippen LogP contribution in [0.15, 0.2) is 36.4 Å². The minimum absolute atomic E-state index is 0. The molecule has 0 saturated heterocycles. The maximum Gasteiger partial charge on any atom is 0.129 e. The fraction of sp³-hybridized carbons (Fsp3) is 0.286. The monoisotopic (exact) mass is 251 g/mol. The predicted molar refractivity (Wildman–Crippen MR) is 75.1 cm³/mol. The fourth-order valence-corrected chi connectivity index (χ4v) is 2.04. The van der Waals surface area contributed by atoms with E-state index in [1.807, 2.05) is 19.1 Å². The van der Waals surface area contributed by atoms with Gasteiger partial charge in [0.05, 0.1) is 7.11 Å². The first-order chi connectivity index (χ1) is 7.72. The Balaban J connectivity index is 0.00000144. The predicted octanol–water partition coefficient (Wildman–Crippen LogP) is 3.16. The zero-order chi connectivity index (χ0) is 11.5. The van der Waals surface area contributed by atoms with Crippen LogP contribution in [0.3, 0.4) is 0 Å². The van der Waals surface area contributed by atoms with Crippen molar-refractivity contribution in [3.8, 4) is 5.75 Å². The highest BCUT2D eigenvalue weighted by molar-refractivity contribution is 5.89. The average Bonchev–Trinajstić information content (AvgIpc) is 2.28. The van der Waals surface area contributed by atoms with Gasteiger partial charge in [-0.25, -0.2) is 0 Å². The minimum atomic E-state index is 0. The zero-order valence-electron chi connectivity index (χ0n) is 10.1. The number of benzene rings is 2. The molecule has 0 aromatic heterocycles. The van der Waals surface area contributed by atoms with Gasteiger partial charge in [0.15, 0.2) is 0 Å². The van der Waals surface area contributed by atoms with Crippen molar-refractivity contribution in [1.82, 2.24) is 0 Å². The Labute approximate surface area is 108 Å². The molecule has 0 aliphatic rings. The molecular weight excluding hydrogens is 234 g/mol. The summed E-state index contributed by atoms with van der Waals surface area (Å²) in [5.41, 5.74) is 7.01. The van der Waals surface area contributed by atoms with Gasteiger partial charge in [0.25, 0.3) is 0 Å². The van der Waals surface area contributed by atoms with Gasteiger partial charge in [0.1, 0.15) is 5.75 Å². The summed E-state index contributed by atoms with van der Waals surface area (Å²) in [6, 6.07) is 12.6. The van der Waals surface area contributed by atoms with Crippen molar-refractivity contribution >= 4 is 23.2 Å². The van der Waals surface area contributed by atoms with Crippen LogP contribution in [0.2, 0.25) is 0 Å². The van der Waals surface area contributed by atoms with E-state index in [4.69, 9.17) is 10.5 Å². The third kappa shape index (κ3) is 2.90. The third-order valence-corrected chi connectivity index (χ3v) is 2.71. The quantitative estimate of drug-likeness (QED) is 0.910. The number of methoxy groups -OCH3 is 1. The van der Waals surface area contributed by atoms with E-state index in [1.54, 1.807) is 7.11 Å². The molecule has 92 valence electrons. The fourth-order valence-electron chi connectivity index (χ4n) is 2.04. The second-order valence-corrected chi connectivity index (χ2v) is 4.16. The first-order valence-electron chi connectivity index (χ1n) is 5.52. The lowest BCUT2D eigenvalue weighted by Crippen LogP contribution is -2.18. The second kappa shape index (κ2) is 5.89. The van der Waals surface area contributed by atoms with E-state index in [2.05, 4.69) is 24.3 Å². The Hall–Kier alpha value is -1.25. The molecule has 3 heteroatoms. The molecule has 0 heterocycles. The van der Waals surface area contributed by atoms with Crippen molar-refractivity contribution in [2.75, 3.05) is 7.11 Å². The molecule has 2 aromatic rings. The van der Waals surface area contributed by atoms with Crippen molar-refractivity contribution in [3.05, 3.63) is 42.0 Å². The van der Waals surface area contributed by atoms with E-state index in [0.29, 0.717) is 0 Å². The molecule has 0 fully saturated rings. The molecule has 2 nitrogen and oxygen atoms in total. The topological polar surface area (TPSA) is 35.2 Å². The van der Waals surface area contributed by atoms with E-state index in [9.17, 15) is 0 Å². The molecule has 2 N–H and O–H groups in total. The smallest absolute Gasteiger partial charge is 0.129 e. The van der Waals surface area contributed by atoms with Crippen molar-refractivity contribution in [1.29, 1.82) is 0 Å². The van der Waals surface area contributed by atoms with E-state index in [-0.39, 0.29) is 18.4 Å². The number of hydrogen-bond donors (Lipinski definition) is 1. The summed E-state index contributed by atoms with van der Waals surface area (Å²) in [5, 5.41) is 2.36. The van der Waals surface area contributed by atoms with E-state index in [0.717, 1.165) is 17.6 Å². The molecule has 2 aromatic carbocycles. The SMILES string of the molecule is COc1c(CC(C)N)ccc2ccccc12.Cl. The van der Waals surface area contributed by atoms with Gasteiger partial charge in [0, 0.05) is 11.4 Å². The Morgan fingerprint density at radius 2 is 1.88 bits per heavy atom. The van der Waals surface area contributed by atoms with Crippen molar-refractivity contribution in [3.63, 3.8) is 0 Å². The van der Waals surface area contributed by atoms with Gasteiger partial charge in [-0.1, -0.05) is 36.4 Å². The van der Waals surface area contributed by atoms with Crippen LogP contribution in [0.4, 0.5) is 0 Å². The van der Waals surface area contributed by atoms with E-state index in [1.165, 1.54) is 10.9 Å². The normalized spacial score (nSPS) is 11.9. The van der Waals surface area contributed by atoms with Gasteiger partial charge in [-0.3, -0.25) is 0 Å². The molecule has 0 bridgehead atoms. The second-order valence-electron chi connectivity index (χ2n) is 4.16. The average molecular weight is 252 g/mol. The lowest BCUT2D eigenvalue weighted by atomic mass is 10.0. The molecule has 0 radical (unpaired) electrons. The van der Waals surface area contributed by atoms with Crippen LogP contribution >= 0.6 is 12.4 Å². The number of rotatable bonds is 3. The molecule has 0 amide bonds. The number of fused-ring (bicyclic) bond motifs is 1. The molecule has 0 saturated carbocycles. The molecule has 1 unspecified atom stereocenters. The van der Waals surface area contributed by atoms with Gasteiger partial charge < -0.3 is 10.5 Å². The maximum atomic E-state index is 5.84. The lowest BCUT2D eigenvalue weighted by Gasteiger charge is -2.13. The van der Waals surface area contributed by atoms with Crippen molar-refractivity contribution in [2.24, 2.45) is 5.73 Å². The highest BCUT2D eigenvalue weighted by atomic mass is 35.5. The summed E-state index contributed by atoms with van der Waals surface area (Å²) < 4.78 is 5.50. The van der Waals surface area contributed by atoms with Crippen LogP contribution < -0.4 is 10.5 Å². The summed E-state index contributed by atoms with van der Waals surface area (Å²) in [6.45, 7) is 2.01. The van der Waals surface area contributed by atoms with Gasteiger partial charge in [-0.2, -0.15) is 0 Å². The Morgan fingerprint density at radius 1 is 1.18 bits per heavy atom. The highest BCUT2D eigenvalue weighted by Crippen LogP contribution is 2.30. The van der Waals surface area contributed by atoms with Crippen LogP contribution in [0.1, 0.15) is 12.5 Å². The highest BCUT2D eigenvalue weighted by Gasteiger charge is 2.08. The first-order valence-corrected chi connectivity index (χ1v) is 5.52. The molecule has 0 aliphatic carbocycles. The van der Waals surface area contributed by atoms with Gasteiger partial charge in [-0.15, -0.1) is 12.4 Å². The number of nitrogens with two attached hydrogens (primary N) is 1. The van der Waals surface area contributed by atoms with E-state index >= 15 is 0 Å². The van der Waals surface area contributed by atoms with Crippen LogP contribution in [-0.4, -0.2) is 13.2 Å². The summed E-state index contributed by atoms with van der Waals surface area (Å²) in [6.07, 6.45) is 0.841. The largest absolute Gasteiger partial charge is 0.496 e. The Bertz CT molecular complexity index is 497. The summed E-state index contributed by atoms with van der Waals surface area (Å²) in [4.78, 5) is 0. The van der Waals surface area contributed by atoms with Crippen molar-refractivity contribution < 1.29 is 4.74 Å². The molecule has 0 spiro atoms.